The lowest BCUT2D eigenvalue weighted by molar-refractivity contribution is 0.0954. The van der Waals surface area contributed by atoms with Crippen molar-refractivity contribution in [3.63, 3.8) is 0 Å². The summed E-state index contributed by atoms with van der Waals surface area (Å²) in [4.78, 5) is 13.3. The van der Waals surface area contributed by atoms with Crippen LogP contribution in [0.4, 0.5) is 5.69 Å². The van der Waals surface area contributed by atoms with Crippen LogP contribution in [0.15, 0.2) is 35.7 Å². The highest BCUT2D eigenvalue weighted by Gasteiger charge is 2.06. The summed E-state index contributed by atoms with van der Waals surface area (Å²) in [5, 5.41) is 8.09. The van der Waals surface area contributed by atoms with Crippen LogP contribution in [-0.2, 0) is 6.42 Å². The van der Waals surface area contributed by atoms with Gasteiger partial charge in [0.25, 0.3) is 5.91 Å². The zero-order chi connectivity index (χ0) is 13.7. The molecular formula is C15H18N2OS. The Hall–Kier alpha value is -1.81. The van der Waals surface area contributed by atoms with E-state index in [0.29, 0.717) is 12.1 Å². The highest BCUT2D eigenvalue weighted by molar-refractivity contribution is 7.09. The molecule has 2 N–H and O–H groups in total. The van der Waals surface area contributed by atoms with Crippen molar-refractivity contribution in [1.29, 1.82) is 0 Å². The Morgan fingerprint density at radius 2 is 2.16 bits per heavy atom. The van der Waals surface area contributed by atoms with E-state index in [9.17, 15) is 4.79 Å². The Balaban J connectivity index is 1.91. The van der Waals surface area contributed by atoms with Gasteiger partial charge in [-0.1, -0.05) is 6.07 Å². The Morgan fingerprint density at radius 1 is 1.32 bits per heavy atom. The van der Waals surface area contributed by atoms with Crippen LogP contribution in [0.5, 0.6) is 0 Å². The number of hydrogen-bond acceptors (Lipinski definition) is 3. The third-order valence-electron chi connectivity index (χ3n) is 2.99. The lowest BCUT2D eigenvalue weighted by Gasteiger charge is -2.08. The van der Waals surface area contributed by atoms with Gasteiger partial charge in [0.05, 0.1) is 0 Å². The quantitative estimate of drug-likeness (QED) is 0.879. The fraction of sp³-hybridized carbons (Fsp3) is 0.267. The average molecular weight is 274 g/mol. The summed E-state index contributed by atoms with van der Waals surface area (Å²) in [5.74, 6) is -0.0118. The number of anilines is 1. The van der Waals surface area contributed by atoms with E-state index < -0.39 is 0 Å². The highest BCUT2D eigenvalue weighted by atomic mass is 32.1. The van der Waals surface area contributed by atoms with Gasteiger partial charge in [0, 0.05) is 29.7 Å². The summed E-state index contributed by atoms with van der Waals surface area (Å²) in [6.45, 7) is 2.67. The smallest absolute Gasteiger partial charge is 0.251 e. The second kappa shape index (κ2) is 6.38. The zero-order valence-corrected chi connectivity index (χ0v) is 12.0. The maximum Gasteiger partial charge on any atom is 0.251 e. The summed E-state index contributed by atoms with van der Waals surface area (Å²) >= 11 is 1.72. The number of rotatable bonds is 5. The molecule has 0 saturated carbocycles. The number of carbonyl (C=O) groups excluding carboxylic acids is 1. The molecule has 1 aromatic carbocycles. The Morgan fingerprint density at radius 3 is 2.79 bits per heavy atom. The Bertz CT molecular complexity index is 549. The van der Waals surface area contributed by atoms with Crippen molar-refractivity contribution >= 4 is 22.9 Å². The lowest BCUT2D eigenvalue weighted by atomic mass is 10.1. The van der Waals surface area contributed by atoms with E-state index in [-0.39, 0.29) is 5.91 Å². The number of amides is 1. The molecule has 1 amide bonds. The van der Waals surface area contributed by atoms with E-state index in [2.05, 4.69) is 22.1 Å². The van der Waals surface area contributed by atoms with Crippen LogP contribution in [0, 0.1) is 6.92 Å². The lowest BCUT2D eigenvalue weighted by Crippen LogP contribution is -2.25. The van der Waals surface area contributed by atoms with Crippen LogP contribution in [0.25, 0.3) is 0 Å². The molecular weight excluding hydrogens is 256 g/mol. The van der Waals surface area contributed by atoms with Crippen LogP contribution < -0.4 is 10.6 Å². The maximum absolute atomic E-state index is 12.0. The predicted molar refractivity (Wildman–Crippen MR) is 81.1 cm³/mol. The molecule has 0 aliphatic carbocycles. The van der Waals surface area contributed by atoms with Crippen molar-refractivity contribution in [1.82, 2.24) is 5.32 Å². The minimum Gasteiger partial charge on any atom is -0.388 e. The summed E-state index contributed by atoms with van der Waals surface area (Å²) in [7, 11) is 1.88. The monoisotopic (exact) mass is 274 g/mol. The van der Waals surface area contributed by atoms with Gasteiger partial charge >= 0.3 is 0 Å². The number of thiophene rings is 1. The molecule has 0 atom stereocenters. The second-order valence-corrected chi connectivity index (χ2v) is 5.40. The van der Waals surface area contributed by atoms with Gasteiger partial charge in [-0.25, -0.2) is 0 Å². The van der Waals surface area contributed by atoms with Gasteiger partial charge in [-0.15, -0.1) is 11.3 Å². The van der Waals surface area contributed by atoms with Crippen molar-refractivity contribution in [2.45, 2.75) is 13.3 Å². The topological polar surface area (TPSA) is 41.1 Å². The molecule has 2 rings (SSSR count). The van der Waals surface area contributed by atoms with Crippen LogP contribution >= 0.6 is 11.3 Å². The van der Waals surface area contributed by atoms with Crippen molar-refractivity contribution in [3.05, 3.63) is 51.7 Å². The molecule has 1 aromatic heterocycles. The predicted octanol–water partition coefficient (Wildman–Crippen LogP) is 3.07. The van der Waals surface area contributed by atoms with Gasteiger partial charge in [-0.3, -0.25) is 4.79 Å². The van der Waals surface area contributed by atoms with Gasteiger partial charge in [0.2, 0.25) is 0 Å². The first kappa shape index (κ1) is 13.6. The molecule has 19 heavy (non-hydrogen) atoms. The van der Waals surface area contributed by atoms with E-state index in [0.717, 1.165) is 17.7 Å². The molecule has 2 aromatic rings. The normalized spacial score (nSPS) is 10.2. The molecule has 0 spiro atoms. The summed E-state index contributed by atoms with van der Waals surface area (Å²) < 4.78 is 0. The standard InChI is InChI=1S/C15H18N2OS/c1-11-10-12(5-6-14(11)16-2)15(18)17-8-7-13-4-3-9-19-13/h3-6,9-10,16H,7-8H2,1-2H3,(H,17,18). The van der Waals surface area contributed by atoms with Crippen molar-refractivity contribution in [2.75, 3.05) is 18.9 Å². The molecule has 1 heterocycles. The van der Waals surface area contributed by atoms with Crippen molar-refractivity contribution in [2.24, 2.45) is 0 Å². The first-order valence-electron chi connectivity index (χ1n) is 6.29. The van der Waals surface area contributed by atoms with Gasteiger partial charge in [0.1, 0.15) is 0 Å². The number of carbonyl (C=O) groups is 1. The van der Waals surface area contributed by atoms with Crippen LogP contribution in [0.2, 0.25) is 0 Å². The van der Waals surface area contributed by atoms with Gasteiger partial charge in [0.15, 0.2) is 0 Å². The molecule has 0 bridgehead atoms. The number of aryl methyl sites for hydroxylation is 1. The fourth-order valence-corrected chi connectivity index (χ4v) is 2.65. The minimum absolute atomic E-state index is 0.0118. The SMILES string of the molecule is CNc1ccc(C(=O)NCCc2cccs2)cc1C. The average Bonchev–Trinajstić information content (AvgIpc) is 2.91. The molecule has 0 saturated heterocycles. The molecule has 0 aliphatic heterocycles. The maximum atomic E-state index is 12.0. The van der Waals surface area contributed by atoms with Crippen molar-refractivity contribution < 1.29 is 4.79 Å². The van der Waals surface area contributed by atoms with Gasteiger partial charge < -0.3 is 10.6 Å². The third kappa shape index (κ3) is 3.58. The van der Waals surface area contributed by atoms with Crippen LogP contribution in [-0.4, -0.2) is 19.5 Å². The largest absolute Gasteiger partial charge is 0.388 e. The summed E-state index contributed by atoms with van der Waals surface area (Å²) in [6.07, 6.45) is 0.886. The number of benzene rings is 1. The van der Waals surface area contributed by atoms with E-state index in [4.69, 9.17) is 0 Å². The van der Waals surface area contributed by atoms with E-state index in [1.165, 1.54) is 4.88 Å². The molecule has 0 radical (unpaired) electrons. The molecule has 0 fully saturated rings. The second-order valence-electron chi connectivity index (χ2n) is 4.36. The summed E-state index contributed by atoms with van der Waals surface area (Å²) in [5.41, 5.74) is 2.84. The van der Waals surface area contributed by atoms with Crippen LogP contribution in [0.1, 0.15) is 20.8 Å². The Labute approximate surface area is 117 Å². The zero-order valence-electron chi connectivity index (χ0n) is 11.2. The molecule has 100 valence electrons. The van der Waals surface area contributed by atoms with E-state index >= 15 is 0 Å². The van der Waals surface area contributed by atoms with E-state index in [1.54, 1.807) is 11.3 Å². The summed E-state index contributed by atoms with van der Waals surface area (Å²) in [6, 6.07) is 9.81. The third-order valence-corrected chi connectivity index (χ3v) is 3.93. The van der Waals surface area contributed by atoms with Gasteiger partial charge in [-0.05, 0) is 48.6 Å². The Kier molecular flexibility index (Phi) is 4.58. The van der Waals surface area contributed by atoms with Gasteiger partial charge in [-0.2, -0.15) is 0 Å². The molecule has 4 heteroatoms. The first-order chi connectivity index (χ1) is 9.20. The van der Waals surface area contributed by atoms with Crippen LogP contribution in [0.3, 0.4) is 0 Å². The molecule has 3 nitrogen and oxygen atoms in total. The fourth-order valence-electron chi connectivity index (χ4n) is 1.94. The number of hydrogen-bond donors (Lipinski definition) is 2. The van der Waals surface area contributed by atoms with E-state index in [1.807, 2.05) is 38.2 Å². The number of nitrogens with one attached hydrogen (secondary N) is 2. The molecule has 0 unspecified atom stereocenters. The highest BCUT2D eigenvalue weighted by Crippen LogP contribution is 2.15. The minimum atomic E-state index is -0.0118. The van der Waals surface area contributed by atoms with Crippen molar-refractivity contribution in [3.8, 4) is 0 Å². The molecule has 0 aliphatic rings. The first-order valence-corrected chi connectivity index (χ1v) is 7.17.